The summed E-state index contributed by atoms with van der Waals surface area (Å²) in [4.78, 5) is 22.9. The summed E-state index contributed by atoms with van der Waals surface area (Å²) in [6, 6.07) is -0.909. The van der Waals surface area contributed by atoms with E-state index in [2.05, 4.69) is 10.4 Å². The molecule has 118 valence electrons. The quantitative estimate of drug-likeness (QED) is 0.732. The smallest absolute Gasteiger partial charge is 0.326 e. The van der Waals surface area contributed by atoms with Crippen LogP contribution in [0.5, 0.6) is 0 Å². The third-order valence-electron chi connectivity index (χ3n) is 3.50. The third kappa shape index (κ3) is 4.86. The van der Waals surface area contributed by atoms with Gasteiger partial charge in [-0.05, 0) is 25.8 Å². The van der Waals surface area contributed by atoms with Crippen molar-refractivity contribution in [1.29, 1.82) is 0 Å². The summed E-state index contributed by atoms with van der Waals surface area (Å²) in [7, 11) is 3.35. The summed E-state index contributed by atoms with van der Waals surface area (Å²) in [6.45, 7) is 4.14. The molecule has 7 nitrogen and oxygen atoms in total. The monoisotopic (exact) mass is 297 g/mol. The summed E-state index contributed by atoms with van der Waals surface area (Å²) in [5.74, 6) is -1.32. The van der Waals surface area contributed by atoms with Crippen molar-refractivity contribution in [2.45, 2.75) is 39.2 Å². The van der Waals surface area contributed by atoms with Gasteiger partial charge in [0.25, 0.3) is 0 Å². The number of carboxylic acids is 1. The molecule has 0 aliphatic carbocycles. The van der Waals surface area contributed by atoms with Crippen molar-refractivity contribution in [3.8, 4) is 0 Å². The van der Waals surface area contributed by atoms with Gasteiger partial charge in [0.15, 0.2) is 0 Å². The van der Waals surface area contributed by atoms with E-state index in [4.69, 9.17) is 9.84 Å². The molecule has 0 aliphatic rings. The third-order valence-corrected chi connectivity index (χ3v) is 3.50. The van der Waals surface area contributed by atoms with E-state index < -0.39 is 12.0 Å². The number of hydrogen-bond donors (Lipinski definition) is 2. The highest BCUT2D eigenvalue weighted by Gasteiger charge is 2.20. The number of nitrogens with one attached hydrogen (secondary N) is 1. The second kappa shape index (κ2) is 7.78. The number of carbonyl (C=O) groups excluding carboxylic acids is 1. The number of hydrogen-bond acceptors (Lipinski definition) is 4. The fourth-order valence-corrected chi connectivity index (χ4v) is 2.18. The lowest BCUT2D eigenvalue weighted by Gasteiger charge is -2.14. The molecule has 0 fully saturated rings. The number of nitrogens with zero attached hydrogens (tertiary/aromatic N) is 2. The molecule has 1 unspecified atom stereocenters. The Kier molecular flexibility index (Phi) is 6.36. The Morgan fingerprint density at radius 2 is 2.10 bits per heavy atom. The Labute approximate surface area is 124 Å². The van der Waals surface area contributed by atoms with Crippen molar-refractivity contribution in [2.75, 3.05) is 13.7 Å². The van der Waals surface area contributed by atoms with Crippen molar-refractivity contribution < 1.29 is 19.4 Å². The lowest BCUT2D eigenvalue weighted by atomic mass is 10.1. The average Bonchev–Trinajstić information content (AvgIpc) is 2.66. The molecule has 0 radical (unpaired) electrons. The highest BCUT2D eigenvalue weighted by Crippen LogP contribution is 2.14. The predicted octanol–water partition coefficient (Wildman–Crippen LogP) is 0.575. The van der Waals surface area contributed by atoms with E-state index in [0.717, 1.165) is 17.0 Å². The largest absolute Gasteiger partial charge is 0.480 e. The van der Waals surface area contributed by atoms with E-state index in [-0.39, 0.29) is 25.4 Å². The number of rotatable bonds is 8. The summed E-state index contributed by atoms with van der Waals surface area (Å²) < 4.78 is 6.62. The van der Waals surface area contributed by atoms with Crippen LogP contribution < -0.4 is 5.32 Å². The van der Waals surface area contributed by atoms with Crippen LogP contribution in [0.1, 0.15) is 29.8 Å². The molecule has 1 rings (SSSR count). The molecular formula is C14H23N3O4. The van der Waals surface area contributed by atoms with E-state index >= 15 is 0 Å². The number of carbonyl (C=O) groups is 2. The van der Waals surface area contributed by atoms with Gasteiger partial charge in [0, 0.05) is 39.3 Å². The number of methoxy groups -OCH3 is 1. The Balaban J connectivity index is 2.54. The number of carboxylic acid groups (broad SMARTS) is 1. The van der Waals surface area contributed by atoms with Crippen LogP contribution in [0.2, 0.25) is 0 Å². The SMILES string of the molecule is COCCC(NC(=O)CCc1c(C)nn(C)c1C)C(=O)O. The fourth-order valence-electron chi connectivity index (χ4n) is 2.18. The molecule has 1 aromatic heterocycles. The van der Waals surface area contributed by atoms with Gasteiger partial charge in [-0.15, -0.1) is 0 Å². The molecule has 0 saturated carbocycles. The molecule has 21 heavy (non-hydrogen) atoms. The number of aliphatic carboxylic acids is 1. The first-order valence-corrected chi connectivity index (χ1v) is 6.87. The van der Waals surface area contributed by atoms with Gasteiger partial charge in [0.05, 0.1) is 5.69 Å². The lowest BCUT2D eigenvalue weighted by molar-refractivity contribution is -0.142. The van der Waals surface area contributed by atoms with Crippen molar-refractivity contribution >= 4 is 11.9 Å². The number of aryl methyl sites for hydroxylation is 2. The normalized spacial score (nSPS) is 12.2. The fraction of sp³-hybridized carbons (Fsp3) is 0.643. The molecule has 0 bridgehead atoms. The minimum Gasteiger partial charge on any atom is -0.480 e. The lowest BCUT2D eigenvalue weighted by Crippen LogP contribution is -2.41. The van der Waals surface area contributed by atoms with Gasteiger partial charge in [-0.2, -0.15) is 5.10 Å². The molecule has 0 aliphatic heterocycles. The van der Waals surface area contributed by atoms with Crippen molar-refractivity contribution in [2.24, 2.45) is 7.05 Å². The Morgan fingerprint density at radius 3 is 2.57 bits per heavy atom. The summed E-state index contributed by atoms with van der Waals surface area (Å²) in [5, 5.41) is 15.9. The molecule has 1 amide bonds. The number of amides is 1. The predicted molar refractivity (Wildman–Crippen MR) is 77.1 cm³/mol. The first-order valence-electron chi connectivity index (χ1n) is 6.87. The highest BCUT2D eigenvalue weighted by atomic mass is 16.5. The maximum atomic E-state index is 11.9. The molecule has 1 heterocycles. The Bertz CT molecular complexity index is 511. The maximum absolute atomic E-state index is 11.9. The van der Waals surface area contributed by atoms with Crippen LogP contribution in [0.4, 0.5) is 0 Å². The molecule has 0 saturated heterocycles. The van der Waals surface area contributed by atoms with Crippen LogP contribution in [0.25, 0.3) is 0 Å². The molecular weight excluding hydrogens is 274 g/mol. The van der Waals surface area contributed by atoms with Crippen molar-refractivity contribution in [1.82, 2.24) is 15.1 Å². The maximum Gasteiger partial charge on any atom is 0.326 e. The van der Waals surface area contributed by atoms with Crippen LogP contribution in [0.15, 0.2) is 0 Å². The summed E-state index contributed by atoms with van der Waals surface area (Å²) in [5.41, 5.74) is 2.96. The average molecular weight is 297 g/mol. The zero-order chi connectivity index (χ0) is 16.0. The zero-order valence-corrected chi connectivity index (χ0v) is 13.0. The van der Waals surface area contributed by atoms with E-state index in [9.17, 15) is 9.59 Å². The topological polar surface area (TPSA) is 93.5 Å². The molecule has 0 aromatic carbocycles. The molecule has 2 N–H and O–H groups in total. The van der Waals surface area contributed by atoms with E-state index in [0.29, 0.717) is 6.42 Å². The second-order valence-corrected chi connectivity index (χ2v) is 5.01. The number of ether oxygens (including phenoxy) is 1. The molecule has 7 heteroatoms. The van der Waals surface area contributed by atoms with Crippen molar-refractivity contribution in [3.05, 3.63) is 17.0 Å². The first-order chi connectivity index (χ1) is 9.86. The van der Waals surface area contributed by atoms with Crippen LogP contribution in [-0.4, -0.2) is 46.5 Å². The van der Waals surface area contributed by atoms with Gasteiger partial charge >= 0.3 is 5.97 Å². The van der Waals surface area contributed by atoms with Gasteiger partial charge in [0.1, 0.15) is 6.04 Å². The molecule has 1 aromatic rings. The second-order valence-electron chi connectivity index (χ2n) is 5.01. The zero-order valence-electron chi connectivity index (χ0n) is 13.0. The van der Waals surface area contributed by atoms with Crippen molar-refractivity contribution in [3.63, 3.8) is 0 Å². The first kappa shape index (κ1) is 17.2. The Morgan fingerprint density at radius 1 is 1.43 bits per heavy atom. The van der Waals surface area contributed by atoms with Gasteiger partial charge in [-0.1, -0.05) is 0 Å². The van der Waals surface area contributed by atoms with Crippen LogP contribution in [0, 0.1) is 13.8 Å². The van der Waals surface area contributed by atoms with Crippen LogP contribution >= 0.6 is 0 Å². The minimum absolute atomic E-state index is 0.240. The van der Waals surface area contributed by atoms with Gasteiger partial charge < -0.3 is 15.2 Å². The molecule has 0 spiro atoms. The number of aromatic nitrogens is 2. The van der Waals surface area contributed by atoms with Crippen LogP contribution in [-0.2, 0) is 27.8 Å². The highest BCUT2D eigenvalue weighted by molar-refractivity contribution is 5.83. The van der Waals surface area contributed by atoms with Gasteiger partial charge in [-0.3, -0.25) is 9.48 Å². The van der Waals surface area contributed by atoms with E-state index in [1.807, 2.05) is 20.9 Å². The minimum atomic E-state index is -1.05. The summed E-state index contributed by atoms with van der Waals surface area (Å²) >= 11 is 0. The van der Waals surface area contributed by atoms with Gasteiger partial charge in [-0.25, -0.2) is 4.79 Å². The molecule has 1 atom stereocenters. The van der Waals surface area contributed by atoms with E-state index in [1.165, 1.54) is 7.11 Å². The Hall–Kier alpha value is -1.89. The van der Waals surface area contributed by atoms with Crippen LogP contribution in [0.3, 0.4) is 0 Å². The van der Waals surface area contributed by atoms with E-state index in [1.54, 1.807) is 4.68 Å². The van der Waals surface area contributed by atoms with Gasteiger partial charge in [0.2, 0.25) is 5.91 Å². The summed E-state index contributed by atoms with van der Waals surface area (Å²) in [6.07, 6.45) is 1.04. The standard InChI is InChI=1S/C14H23N3O4/c1-9-11(10(2)17(3)16-9)5-6-13(18)15-12(14(19)20)7-8-21-4/h12H,5-8H2,1-4H3,(H,15,18)(H,19,20).